The maximum absolute atomic E-state index is 12.0. The first-order chi connectivity index (χ1) is 10.1. The summed E-state index contributed by atoms with van der Waals surface area (Å²) in [6.07, 6.45) is 0. The third-order valence-electron chi connectivity index (χ3n) is 2.91. The van der Waals surface area contributed by atoms with Crippen molar-refractivity contribution < 1.29 is 4.79 Å². The average Bonchev–Trinajstić information content (AvgIpc) is 2.90. The van der Waals surface area contributed by atoms with E-state index in [0.29, 0.717) is 12.1 Å². The van der Waals surface area contributed by atoms with E-state index in [2.05, 4.69) is 11.4 Å². The second-order valence-corrected chi connectivity index (χ2v) is 6.30. The fraction of sp³-hybridized carbons (Fsp3) is 0.200. The van der Waals surface area contributed by atoms with Gasteiger partial charge < -0.3 is 10.2 Å². The summed E-state index contributed by atoms with van der Waals surface area (Å²) in [4.78, 5) is 14.7. The number of hydrogen-bond donors (Lipinski definition) is 1. The van der Waals surface area contributed by atoms with Crippen LogP contribution in [-0.4, -0.2) is 24.4 Å². The van der Waals surface area contributed by atoms with Crippen LogP contribution in [0.1, 0.15) is 10.4 Å². The number of carbonyl (C=O) groups is 1. The van der Waals surface area contributed by atoms with Crippen LogP contribution in [0.5, 0.6) is 0 Å². The highest BCUT2D eigenvalue weighted by Gasteiger charge is 2.10. The van der Waals surface area contributed by atoms with Gasteiger partial charge in [0.2, 0.25) is 5.91 Å². The number of benzene rings is 1. The molecule has 4 nitrogen and oxygen atoms in total. The van der Waals surface area contributed by atoms with Crippen molar-refractivity contribution in [3.8, 4) is 6.07 Å². The van der Waals surface area contributed by atoms with Gasteiger partial charge in [0.05, 0.1) is 29.1 Å². The summed E-state index contributed by atoms with van der Waals surface area (Å²) >= 11 is 7.34. The molecule has 6 heteroatoms. The third-order valence-corrected chi connectivity index (χ3v) is 4.12. The van der Waals surface area contributed by atoms with Crippen molar-refractivity contribution in [1.29, 1.82) is 5.26 Å². The van der Waals surface area contributed by atoms with Gasteiger partial charge in [-0.3, -0.25) is 4.79 Å². The zero-order valence-electron chi connectivity index (χ0n) is 11.5. The Morgan fingerprint density at radius 3 is 2.62 bits per heavy atom. The Kier molecular flexibility index (Phi) is 5.20. The highest BCUT2D eigenvalue weighted by molar-refractivity contribution is 7.16. The molecule has 2 aromatic rings. The summed E-state index contributed by atoms with van der Waals surface area (Å²) in [6, 6.07) is 12.8. The minimum atomic E-state index is -0.0103. The van der Waals surface area contributed by atoms with Crippen molar-refractivity contribution in [1.82, 2.24) is 4.90 Å². The minimum absolute atomic E-state index is 0.0103. The van der Waals surface area contributed by atoms with Crippen LogP contribution in [0.25, 0.3) is 0 Å². The van der Waals surface area contributed by atoms with Gasteiger partial charge in [0, 0.05) is 17.6 Å². The number of nitriles is 1. The van der Waals surface area contributed by atoms with E-state index in [-0.39, 0.29) is 12.5 Å². The van der Waals surface area contributed by atoms with Crippen molar-refractivity contribution in [2.45, 2.75) is 6.54 Å². The van der Waals surface area contributed by atoms with Crippen molar-refractivity contribution in [2.75, 3.05) is 18.9 Å². The molecular formula is C15H14ClN3OS. The van der Waals surface area contributed by atoms with Gasteiger partial charge in [-0.25, -0.2) is 0 Å². The Labute approximate surface area is 132 Å². The summed E-state index contributed by atoms with van der Waals surface area (Å²) in [5, 5.41) is 11.8. The number of amides is 1. The molecular weight excluding hydrogens is 306 g/mol. The quantitative estimate of drug-likeness (QED) is 0.919. The molecule has 0 saturated heterocycles. The lowest BCUT2D eigenvalue weighted by Gasteiger charge is -2.17. The predicted molar refractivity (Wildman–Crippen MR) is 85.4 cm³/mol. The number of likely N-dealkylation sites (N-methyl/N-ethyl adjacent to an activating group) is 1. The van der Waals surface area contributed by atoms with Gasteiger partial charge in [0.15, 0.2) is 0 Å². The molecule has 108 valence electrons. The fourth-order valence-electron chi connectivity index (χ4n) is 1.73. The lowest BCUT2D eigenvalue weighted by molar-refractivity contribution is -0.128. The number of anilines is 1. The lowest BCUT2D eigenvalue weighted by atomic mass is 10.2. The molecule has 1 N–H and O–H groups in total. The highest BCUT2D eigenvalue weighted by Crippen LogP contribution is 2.22. The summed E-state index contributed by atoms with van der Waals surface area (Å²) in [7, 11) is 1.76. The Bertz CT molecular complexity index is 660. The van der Waals surface area contributed by atoms with E-state index in [1.54, 1.807) is 36.2 Å². The first-order valence-electron chi connectivity index (χ1n) is 6.30. The van der Waals surface area contributed by atoms with Crippen molar-refractivity contribution in [3.63, 3.8) is 0 Å². The molecule has 0 atom stereocenters. The molecule has 0 aliphatic carbocycles. The molecule has 0 bridgehead atoms. The van der Waals surface area contributed by atoms with Crippen LogP contribution in [-0.2, 0) is 11.3 Å². The van der Waals surface area contributed by atoms with Gasteiger partial charge in [-0.1, -0.05) is 11.6 Å². The highest BCUT2D eigenvalue weighted by atomic mass is 35.5. The van der Waals surface area contributed by atoms with Crippen LogP contribution in [0.2, 0.25) is 4.34 Å². The van der Waals surface area contributed by atoms with Crippen LogP contribution < -0.4 is 5.32 Å². The molecule has 0 aliphatic rings. The van der Waals surface area contributed by atoms with Gasteiger partial charge in [0.1, 0.15) is 0 Å². The number of carbonyl (C=O) groups excluding carboxylic acids is 1. The Morgan fingerprint density at radius 2 is 2.05 bits per heavy atom. The molecule has 0 radical (unpaired) electrons. The minimum Gasteiger partial charge on any atom is -0.376 e. The molecule has 1 amide bonds. The zero-order valence-corrected chi connectivity index (χ0v) is 13.0. The van der Waals surface area contributed by atoms with Gasteiger partial charge in [-0.2, -0.15) is 5.26 Å². The number of hydrogen-bond acceptors (Lipinski definition) is 4. The fourth-order valence-corrected chi connectivity index (χ4v) is 2.88. The molecule has 1 heterocycles. The molecule has 1 aromatic carbocycles. The van der Waals surface area contributed by atoms with E-state index in [1.165, 1.54) is 11.3 Å². The number of thiophene rings is 1. The maximum atomic E-state index is 12.0. The first kappa shape index (κ1) is 15.4. The van der Waals surface area contributed by atoms with Gasteiger partial charge >= 0.3 is 0 Å². The summed E-state index contributed by atoms with van der Waals surface area (Å²) in [5.41, 5.74) is 1.41. The van der Waals surface area contributed by atoms with E-state index in [0.717, 1.165) is 14.9 Å². The SMILES string of the molecule is CN(Cc1ccc(Cl)s1)C(=O)CNc1ccc(C#N)cc1. The van der Waals surface area contributed by atoms with Gasteiger partial charge in [-0.15, -0.1) is 11.3 Å². The smallest absolute Gasteiger partial charge is 0.241 e. The molecule has 1 aromatic heterocycles. The number of nitrogens with one attached hydrogen (secondary N) is 1. The topological polar surface area (TPSA) is 56.1 Å². The van der Waals surface area contributed by atoms with Crippen molar-refractivity contribution in [3.05, 3.63) is 51.2 Å². The normalized spacial score (nSPS) is 9.95. The van der Waals surface area contributed by atoms with Crippen molar-refractivity contribution in [2.24, 2.45) is 0 Å². The third kappa shape index (κ3) is 4.48. The Morgan fingerprint density at radius 1 is 1.33 bits per heavy atom. The predicted octanol–water partition coefficient (Wildman–Crippen LogP) is 3.34. The second kappa shape index (κ2) is 7.11. The molecule has 0 unspecified atom stereocenters. The average molecular weight is 320 g/mol. The zero-order chi connectivity index (χ0) is 15.2. The Hall–Kier alpha value is -2.03. The second-order valence-electron chi connectivity index (χ2n) is 4.50. The van der Waals surface area contributed by atoms with Crippen molar-refractivity contribution >= 4 is 34.5 Å². The summed E-state index contributed by atoms with van der Waals surface area (Å²) in [6.45, 7) is 0.757. The number of nitrogens with zero attached hydrogens (tertiary/aromatic N) is 2. The first-order valence-corrected chi connectivity index (χ1v) is 7.50. The van der Waals surface area contributed by atoms with Crippen LogP contribution in [0, 0.1) is 11.3 Å². The van der Waals surface area contributed by atoms with E-state index >= 15 is 0 Å². The van der Waals surface area contributed by atoms with Crippen LogP contribution in [0.15, 0.2) is 36.4 Å². The standard InChI is InChI=1S/C15H14ClN3OS/c1-19(10-13-6-7-14(16)21-13)15(20)9-18-12-4-2-11(8-17)3-5-12/h2-7,18H,9-10H2,1H3. The molecule has 0 spiro atoms. The van der Waals surface area contributed by atoms with E-state index in [1.807, 2.05) is 12.1 Å². The largest absolute Gasteiger partial charge is 0.376 e. The van der Waals surface area contributed by atoms with Crippen LogP contribution in [0.4, 0.5) is 5.69 Å². The Balaban J connectivity index is 1.84. The lowest BCUT2D eigenvalue weighted by Crippen LogP contribution is -2.31. The molecule has 0 saturated carbocycles. The molecule has 0 aliphatic heterocycles. The van der Waals surface area contributed by atoms with Gasteiger partial charge in [-0.05, 0) is 36.4 Å². The number of rotatable bonds is 5. The molecule has 0 fully saturated rings. The van der Waals surface area contributed by atoms with E-state index < -0.39 is 0 Å². The maximum Gasteiger partial charge on any atom is 0.241 e. The van der Waals surface area contributed by atoms with Crippen LogP contribution >= 0.6 is 22.9 Å². The summed E-state index contributed by atoms with van der Waals surface area (Å²) in [5.74, 6) is -0.0103. The molecule has 2 rings (SSSR count). The van der Waals surface area contributed by atoms with Gasteiger partial charge in [0.25, 0.3) is 0 Å². The van der Waals surface area contributed by atoms with E-state index in [9.17, 15) is 4.79 Å². The molecule has 21 heavy (non-hydrogen) atoms. The monoisotopic (exact) mass is 319 g/mol. The number of halogens is 1. The van der Waals surface area contributed by atoms with E-state index in [4.69, 9.17) is 16.9 Å². The summed E-state index contributed by atoms with van der Waals surface area (Å²) < 4.78 is 0.724. The van der Waals surface area contributed by atoms with Crippen LogP contribution in [0.3, 0.4) is 0 Å².